The average Bonchev–Trinajstić information content (AvgIpc) is 2.41. The maximum atomic E-state index is 12.1. The molecule has 0 radical (unpaired) electrons. The minimum absolute atomic E-state index is 0.258. The Morgan fingerprint density at radius 3 is 2.67 bits per heavy atom. The van der Waals surface area contributed by atoms with Crippen molar-refractivity contribution in [3.8, 4) is 0 Å². The maximum Gasteiger partial charge on any atom is 0.221 e. The third kappa shape index (κ3) is 2.86. The molecule has 4 rings (SSSR count). The van der Waals surface area contributed by atoms with Gasteiger partial charge in [0, 0.05) is 25.0 Å². The predicted octanol–water partition coefficient (Wildman–Crippen LogP) is 0.729. The molecule has 2 bridgehead atoms. The number of carbonyl (C=O) groups excluding carboxylic acids is 1. The van der Waals surface area contributed by atoms with Crippen molar-refractivity contribution >= 4 is 5.91 Å². The summed E-state index contributed by atoms with van der Waals surface area (Å²) in [5.41, 5.74) is 0. The van der Waals surface area contributed by atoms with Crippen LogP contribution in [0.1, 0.15) is 38.5 Å². The second kappa shape index (κ2) is 5.57. The molecule has 0 saturated carbocycles. The first kappa shape index (κ1) is 12.4. The summed E-state index contributed by atoms with van der Waals surface area (Å²) < 4.78 is 0. The number of carbonyl (C=O) groups is 1. The summed E-state index contributed by atoms with van der Waals surface area (Å²) in [6, 6.07) is 0.837. The fourth-order valence-corrected chi connectivity index (χ4v) is 3.72. The van der Waals surface area contributed by atoms with E-state index in [1.165, 1.54) is 38.8 Å². The summed E-state index contributed by atoms with van der Waals surface area (Å²) in [5, 5.41) is 6.73. The van der Waals surface area contributed by atoms with Gasteiger partial charge in [-0.2, -0.15) is 0 Å². The molecule has 4 heteroatoms. The molecule has 0 aromatic carbocycles. The van der Waals surface area contributed by atoms with Gasteiger partial charge in [0.15, 0.2) is 0 Å². The van der Waals surface area contributed by atoms with E-state index in [9.17, 15) is 4.79 Å². The van der Waals surface area contributed by atoms with Crippen LogP contribution < -0.4 is 10.6 Å². The first-order chi connectivity index (χ1) is 8.81. The minimum atomic E-state index is 0.258. The summed E-state index contributed by atoms with van der Waals surface area (Å²) in [6.45, 7) is 4.63. The molecule has 1 amide bonds. The molecule has 4 nitrogen and oxygen atoms in total. The van der Waals surface area contributed by atoms with Crippen LogP contribution in [0.4, 0.5) is 0 Å². The molecule has 0 aromatic rings. The number of nitrogens with one attached hydrogen (secondary N) is 2. The summed E-state index contributed by atoms with van der Waals surface area (Å²) in [6.07, 6.45) is 6.90. The normalized spacial score (nSPS) is 39.6. The molecule has 4 saturated heterocycles. The van der Waals surface area contributed by atoms with Crippen LogP contribution in [-0.4, -0.2) is 49.1 Å². The van der Waals surface area contributed by atoms with Crippen LogP contribution >= 0.6 is 0 Å². The van der Waals surface area contributed by atoms with E-state index in [1.54, 1.807) is 0 Å². The van der Waals surface area contributed by atoms with E-state index in [1.807, 2.05) is 0 Å². The summed E-state index contributed by atoms with van der Waals surface area (Å²) in [4.78, 5) is 14.6. The van der Waals surface area contributed by atoms with Crippen molar-refractivity contribution < 1.29 is 4.79 Å². The summed E-state index contributed by atoms with van der Waals surface area (Å²) in [7, 11) is 0. The largest absolute Gasteiger partial charge is 0.352 e. The van der Waals surface area contributed by atoms with Crippen molar-refractivity contribution in [2.75, 3.05) is 26.2 Å². The number of hydrogen-bond donors (Lipinski definition) is 2. The molecule has 4 aliphatic rings. The zero-order chi connectivity index (χ0) is 12.4. The van der Waals surface area contributed by atoms with Gasteiger partial charge in [-0.15, -0.1) is 0 Å². The fourth-order valence-electron chi connectivity index (χ4n) is 3.72. The lowest BCUT2D eigenvalue weighted by atomic mass is 9.84. The molecule has 18 heavy (non-hydrogen) atoms. The maximum absolute atomic E-state index is 12.1. The molecule has 2 atom stereocenters. The Bertz CT molecular complexity index is 293. The van der Waals surface area contributed by atoms with Crippen LogP contribution in [-0.2, 0) is 4.79 Å². The molecule has 2 unspecified atom stereocenters. The predicted molar refractivity (Wildman–Crippen MR) is 71.4 cm³/mol. The SMILES string of the molecule is O=C(CC1CCCCN1)NC1CN2CCC1CC2. The molecule has 4 fully saturated rings. The second-order valence-electron chi connectivity index (χ2n) is 6.16. The number of fused-ring (bicyclic) bond motifs is 3. The van der Waals surface area contributed by atoms with Crippen LogP contribution in [0.25, 0.3) is 0 Å². The first-order valence-electron chi connectivity index (χ1n) is 7.56. The zero-order valence-electron chi connectivity index (χ0n) is 11.2. The Kier molecular flexibility index (Phi) is 3.85. The van der Waals surface area contributed by atoms with E-state index in [0.29, 0.717) is 18.5 Å². The van der Waals surface area contributed by atoms with Crippen molar-refractivity contribution in [1.29, 1.82) is 0 Å². The molecule has 0 spiro atoms. The van der Waals surface area contributed by atoms with Gasteiger partial charge in [-0.05, 0) is 51.2 Å². The minimum Gasteiger partial charge on any atom is -0.352 e. The van der Waals surface area contributed by atoms with Crippen LogP contribution in [0, 0.1) is 5.92 Å². The van der Waals surface area contributed by atoms with Crippen LogP contribution in [0.2, 0.25) is 0 Å². The molecular weight excluding hydrogens is 226 g/mol. The smallest absolute Gasteiger partial charge is 0.221 e. The quantitative estimate of drug-likeness (QED) is 0.777. The Hall–Kier alpha value is -0.610. The molecular formula is C14H25N3O. The van der Waals surface area contributed by atoms with Gasteiger partial charge in [-0.1, -0.05) is 6.42 Å². The monoisotopic (exact) mass is 251 g/mol. The molecule has 4 heterocycles. The van der Waals surface area contributed by atoms with E-state index < -0.39 is 0 Å². The Balaban J connectivity index is 1.45. The van der Waals surface area contributed by atoms with E-state index >= 15 is 0 Å². The van der Waals surface area contributed by atoms with E-state index in [4.69, 9.17) is 0 Å². The molecule has 2 N–H and O–H groups in total. The van der Waals surface area contributed by atoms with Gasteiger partial charge >= 0.3 is 0 Å². The Morgan fingerprint density at radius 1 is 1.22 bits per heavy atom. The van der Waals surface area contributed by atoms with Gasteiger partial charge in [0.2, 0.25) is 5.91 Å². The van der Waals surface area contributed by atoms with Gasteiger partial charge in [-0.25, -0.2) is 0 Å². The molecule has 0 aromatic heterocycles. The first-order valence-corrected chi connectivity index (χ1v) is 7.56. The lowest BCUT2D eigenvalue weighted by Gasteiger charge is -2.45. The third-order valence-electron chi connectivity index (χ3n) is 4.85. The third-order valence-corrected chi connectivity index (χ3v) is 4.85. The van der Waals surface area contributed by atoms with Gasteiger partial charge < -0.3 is 15.5 Å². The van der Waals surface area contributed by atoms with Crippen molar-refractivity contribution in [1.82, 2.24) is 15.5 Å². The van der Waals surface area contributed by atoms with Gasteiger partial charge in [0.25, 0.3) is 0 Å². The summed E-state index contributed by atoms with van der Waals surface area (Å²) >= 11 is 0. The second-order valence-corrected chi connectivity index (χ2v) is 6.16. The van der Waals surface area contributed by atoms with Crippen LogP contribution in [0.15, 0.2) is 0 Å². The fraction of sp³-hybridized carbons (Fsp3) is 0.929. The summed E-state index contributed by atoms with van der Waals surface area (Å²) in [5.74, 6) is 0.992. The van der Waals surface area contributed by atoms with Gasteiger partial charge in [-0.3, -0.25) is 4.79 Å². The molecule has 4 aliphatic heterocycles. The number of amides is 1. The lowest BCUT2D eigenvalue weighted by Crippen LogP contribution is -2.57. The highest BCUT2D eigenvalue weighted by Crippen LogP contribution is 2.27. The molecule has 102 valence electrons. The number of nitrogens with zero attached hydrogens (tertiary/aromatic N) is 1. The average molecular weight is 251 g/mol. The molecule has 0 aliphatic carbocycles. The van der Waals surface area contributed by atoms with E-state index in [0.717, 1.165) is 25.4 Å². The van der Waals surface area contributed by atoms with Crippen molar-refractivity contribution in [2.45, 2.75) is 50.6 Å². The number of hydrogen-bond acceptors (Lipinski definition) is 3. The number of piperidine rings is 4. The van der Waals surface area contributed by atoms with E-state index in [2.05, 4.69) is 15.5 Å². The van der Waals surface area contributed by atoms with E-state index in [-0.39, 0.29) is 5.91 Å². The van der Waals surface area contributed by atoms with Gasteiger partial charge in [0.1, 0.15) is 0 Å². The highest BCUT2D eigenvalue weighted by molar-refractivity contribution is 5.77. The highest BCUT2D eigenvalue weighted by atomic mass is 16.1. The zero-order valence-corrected chi connectivity index (χ0v) is 11.2. The van der Waals surface area contributed by atoms with Crippen molar-refractivity contribution in [3.05, 3.63) is 0 Å². The van der Waals surface area contributed by atoms with Crippen molar-refractivity contribution in [2.24, 2.45) is 5.92 Å². The van der Waals surface area contributed by atoms with Crippen LogP contribution in [0.3, 0.4) is 0 Å². The van der Waals surface area contributed by atoms with Crippen molar-refractivity contribution in [3.63, 3.8) is 0 Å². The Labute approximate surface area is 109 Å². The standard InChI is InChI=1S/C14H25N3O/c18-14(9-12-3-1-2-6-15-12)16-13-10-17-7-4-11(13)5-8-17/h11-13,15H,1-10H2,(H,16,18). The Morgan fingerprint density at radius 2 is 2.06 bits per heavy atom. The topological polar surface area (TPSA) is 44.4 Å². The highest BCUT2D eigenvalue weighted by Gasteiger charge is 2.34. The lowest BCUT2D eigenvalue weighted by molar-refractivity contribution is -0.123. The van der Waals surface area contributed by atoms with Crippen LogP contribution in [0.5, 0.6) is 0 Å². The van der Waals surface area contributed by atoms with Gasteiger partial charge in [0.05, 0.1) is 0 Å². The number of rotatable bonds is 3.